The normalized spacial score (nSPS) is 24.6. The summed E-state index contributed by atoms with van der Waals surface area (Å²) in [6.07, 6.45) is 6.67. The van der Waals surface area contributed by atoms with E-state index in [1.807, 2.05) is 6.92 Å². The van der Waals surface area contributed by atoms with E-state index in [1.165, 1.54) is 12.1 Å². The summed E-state index contributed by atoms with van der Waals surface area (Å²) in [5, 5.41) is -0.00811. The van der Waals surface area contributed by atoms with E-state index in [-0.39, 0.29) is 22.3 Å². The smallest absolute Gasteiger partial charge is 0.326 e. The fourth-order valence-corrected chi connectivity index (χ4v) is 5.49. The van der Waals surface area contributed by atoms with E-state index >= 15 is 0 Å². The van der Waals surface area contributed by atoms with E-state index in [4.69, 9.17) is 16.3 Å². The Morgan fingerprint density at radius 3 is 2.40 bits per heavy atom. The zero-order chi connectivity index (χ0) is 21.5. The summed E-state index contributed by atoms with van der Waals surface area (Å²) in [7, 11) is 0. The molecule has 1 aliphatic heterocycles. The van der Waals surface area contributed by atoms with Crippen LogP contribution in [0.15, 0.2) is 16.9 Å². The molecule has 1 aromatic carbocycles. The monoisotopic (exact) mass is 441 g/mol. The summed E-state index contributed by atoms with van der Waals surface area (Å²) in [5.74, 6) is -3.06. The van der Waals surface area contributed by atoms with Gasteiger partial charge in [0, 0.05) is 44.3 Å². The fourth-order valence-electron chi connectivity index (χ4n) is 5.17. The molecule has 0 unspecified atom stereocenters. The molecule has 2 heterocycles. The Morgan fingerprint density at radius 2 is 1.80 bits per heavy atom. The topological polar surface area (TPSA) is 50.3 Å². The molecule has 8 heteroatoms. The maximum absolute atomic E-state index is 13.8. The van der Waals surface area contributed by atoms with Gasteiger partial charge in [0.25, 0.3) is 5.92 Å². The molecule has 30 heavy (non-hydrogen) atoms. The zero-order valence-corrected chi connectivity index (χ0v) is 18.4. The number of benzene rings is 1. The van der Waals surface area contributed by atoms with Gasteiger partial charge in [0.05, 0.1) is 22.2 Å². The number of alkyl halides is 2. The van der Waals surface area contributed by atoms with Crippen LogP contribution in [0.5, 0.6) is 0 Å². The maximum Gasteiger partial charge on any atom is 0.326 e. The van der Waals surface area contributed by atoms with Gasteiger partial charge in [-0.1, -0.05) is 11.6 Å². The van der Waals surface area contributed by atoms with Gasteiger partial charge >= 0.3 is 5.69 Å². The third-order valence-electron chi connectivity index (χ3n) is 6.70. The van der Waals surface area contributed by atoms with Gasteiger partial charge in [0.2, 0.25) is 0 Å². The van der Waals surface area contributed by atoms with Crippen LogP contribution in [-0.2, 0) is 10.7 Å². The number of hydrogen-bond acceptors (Lipinski definition) is 3. The van der Waals surface area contributed by atoms with Gasteiger partial charge in [-0.3, -0.25) is 4.57 Å². The minimum atomic E-state index is -3.06. The molecule has 0 spiro atoms. The fraction of sp³-hybridized carbons (Fsp3) is 0.682. The number of likely N-dealkylation sites (tertiary alicyclic amines) is 1. The number of ether oxygens (including phenoxy) is 1. The Kier molecular flexibility index (Phi) is 6.24. The number of aromatic nitrogens is 2. The van der Waals surface area contributed by atoms with Gasteiger partial charge in [-0.25, -0.2) is 13.6 Å². The first-order valence-corrected chi connectivity index (χ1v) is 11.3. The molecule has 0 radical (unpaired) electrons. The Hall–Kier alpha value is -1.44. The Balaban J connectivity index is 1.47. The number of aromatic amines is 1. The zero-order valence-electron chi connectivity index (χ0n) is 17.6. The molecule has 1 aromatic heterocycles. The van der Waals surface area contributed by atoms with Crippen LogP contribution in [0.1, 0.15) is 64.0 Å². The number of fused-ring (bicyclic) bond motifs is 1. The molecule has 2 aromatic rings. The molecule has 2 aliphatic rings. The molecule has 0 atom stereocenters. The lowest BCUT2D eigenvalue weighted by Gasteiger charge is -2.41. The van der Waals surface area contributed by atoms with E-state index < -0.39 is 5.92 Å². The SMILES string of the molecule is CCO[C@H]1CC[C@H](N2CCC(n3c(=O)[nH]c4cc(C(C)(F)F)c(Cl)cc43)CC2)CC1. The lowest BCUT2D eigenvalue weighted by atomic mass is 9.90. The highest BCUT2D eigenvalue weighted by molar-refractivity contribution is 6.32. The second kappa shape index (κ2) is 8.60. The summed E-state index contributed by atoms with van der Waals surface area (Å²) in [4.78, 5) is 17.9. The Bertz CT molecular complexity index is 936. The number of nitrogens with zero attached hydrogens (tertiary/aromatic N) is 2. The lowest BCUT2D eigenvalue weighted by molar-refractivity contribution is 0.00795. The van der Waals surface area contributed by atoms with Crippen LogP contribution in [0.3, 0.4) is 0 Å². The molecule has 2 fully saturated rings. The molecule has 1 saturated heterocycles. The molecule has 166 valence electrons. The van der Waals surface area contributed by atoms with Crippen molar-refractivity contribution >= 4 is 22.6 Å². The van der Waals surface area contributed by atoms with Crippen LogP contribution in [-0.4, -0.2) is 46.3 Å². The predicted molar refractivity (Wildman–Crippen MR) is 115 cm³/mol. The van der Waals surface area contributed by atoms with Gasteiger partial charge in [-0.2, -0.15) is 0 Å². The highest BCUT2D eigenvalue weighted by Crippen LogP contribution is 2.36. The molecule has 0 bridgehead atoms. The number of nitrogens with one attached hydrogen (secondary N) is 1. The van der Waals surface area contributed by atoms with Crippen molar-refractivity contribution < 1.29 is 13.5 Å². The third-order valence-corrected chi connectivity index (χ3v) is 7.02. The molecule has 1 saturated carbocycles. The van der Waals surface area contributed by atoms with Crippen molar-refractivity contribution in [1.82, 2.24) is 14.5 Å². The van der Waals surface area contributed by atoms with Gasteiger partial charge < -0.3 is 14.6 Å². The lowest BCUT2D eigenvalue weighted by Crippen LogP contribution is -2.45. The highest BCUT2D eigenvalue weighted by atomic mass is 35.5. The largest absolute Gasteiger partial charge is 0.379 e. The predicted octanol–water partition coefficient (Wildman–Crippen LogP) is 5.08. The molecule has 5 nitrogen and oxygen atoms in total. The summed E-state index contributed by atoms with van der Waals surface area (Å²) in [6, 6.07) is 3.45. The number of halogens is 3. The van der Waals surface area contributed by atoms with E-state index in [0.717, 1.165) is 65.1 Å². The summed E-state index contributed by atoms with van der Waals surface area (Å²) < 4.78 is 35.1. The maximum atomic E-state index is 13.8. The Labute approximate surface area is 180 Å². The number of imidazole rings is 1. The van der Waals surface area contributed by atoms with Crippen molar-refractivity contribution in [3.05, 3.63) is 33.2 Å². The van der Waals surface area contributed by atoms with Crippen molar-refractivity contribution in [2.24, 2.45) is 0 Å². The standard InChI is InChI=1S/C22H30ClF2N3O2/c1-3-30-16-6-4-14(5-7-16)27-10-8-15(9-11-27)28-20-13-18(23)17(22(2,24)25)12-19(20)26-21(28)29/h12-16H,3-11H2,1-2H3,(H,26,29)/t14-,16-. The van der Waals surface area contributed by atoms with Gasteiger partial charge in [0.15, 0.2) is 0 Å². The first-order chi connectivity index (χ1) is 14.3. The van der Waals surface area contributed by atoms with Crippen molar-refractivity contribution in [2.75, 3.05) is 19.7 Å². The minimum absolute atomic E-state index is 0.00811. The van der Waals surface area contributed by atoms with Crippen molar-refractivity contribution in [3.63, 3.8) is 0 Å². The molecular formula is C22H30ClF2N3O2. The van der Waals surface area contributed by atoms with Crippen LogP contribution in [0.2, 0.25) is 5.02 Å². The van der Waals surface area contributed by atoms with Gasteiger partial charge in [-0.05, 0) is 57.6 Å². The molecular weight excluding hydrogens is 412 g/mol. The molecule has 4 rings (SSSR count). The number of rotatable bonds is 5. The van der Waals surface area contributed by atoms with E-state index in [1.54, 1.807) is 4.57 Å². The van der Waals surface area contributed by atoms with Crippen LogP contribution in [0, 0.1) is 0 Å². The van der Waals surface area contributed by atoms with Crippen LogP contribution in [0.25, 0.3) is 11.0 Å². The second-order valence-corrected chi connectivity index (χ2v) is 9.10. The molecule has 1 N–H and O–H groups in total. The van der Waals surface area contributed by atoms with Crippen molar-refractivity contribution in [1.29, 1.82) is 0 Å². The summed E-state index contributed by atoms with van der Waals surface area (Å²) in [6.45, 7) is 5.51. The summed E-state index contributed by atoms with van der Waals surface area (Å²) in [5.41, 5.74) is 0.502. The van der Waals surface area contributed by atoms with E-state index in [2.05, 4.69) is 9.88 Å². The third kappa shape index (κ3) is 4.30. The van der Waals surface area contributed by atoms with Crippen LogP contribution in [0.4, 0.5) is 8.78 Å². The average Bonchev–Trinajstić information content (AvgIpc) is 3.02. The number of hydrogen-bond donors (Lipinski definition) is 1. The second-order valence-electron chi connectivity index (χ2n) is 8.69. The average molecular weight is 442 g/mol. The van der Waals surface area contributed by atoms with Crippen LogP contribution >= 0.6 is 11.6 Å². The van der Waals surface area contributed by atoms with E-state index in [9.17, 15) is 13.6 Å². The van der Waals surface area contributed by atoms with Crippen molar-refractivity contribution in [3.8, 4) is 0 Å². The molecule has 1 aliphatic carbocycles. The number of piperidine rings is 1. The first kappa shape index (κ1) is 21.8. The quantitative estimate of drug-likeness (QED) is 0.704. The summed E-state index contributed by atoms with van der Waals surface area (Å²) >= 11 is 6.14. The van der Waals surface area contributed by atoms with Crippen LogP contribution < -0.4 is 5.69 Å². The van der Waals surface area contributed by atoms with Gasteiger partial charge in [-0.15, -0.1) is 0 Å². The highest BCUT2D eigenvalue weighted by Gasteiger charge is 2.32. The number of H-pyrrole nitrogens is 1. The van der Waals surface area contributed by atoms with Gasteiger partial charge in [0.1, 0.15) is 0 Å². The first-order valence-electron chi connectivity index (χ1n) is 11.0. The molecule has 0 amide bonds. The van der Waals surface area contributed by atoms with Crippen molar-refractivity contribution in [2.45, 2.75) is 76.5 Å². The Morgan fingerprint density at radius 1 is 1.13 bits per heavy atom. The minimum Gasteiger partial charge on any atom is -0.379 e. The van der Waals surface area contributed by atoms with E-state index in [0.29, 0.717) is 23.2 Å².